The summed E-state index contributed by atoms with van der Waals surface area (Å²) in [5, 5.41) is 11.2. The highest BCUT2D eigenvalue weighted by Gasteiger charge is 2.34. The lowest BCUT2D eigenvalue weighted by molar-refractivity contribution is 0.0513. The molecule has 1 fully saturated rings. The average molecular weight is 443 g/mol. The Balaban J connectivity index is 1.76. The van der Waals surface area contributed by atoms with Crippen molar-refractivity contribution in [3.63, 3.8) is 0 Å². The highest BCUT2D eigenvalue weighted by molar-refractivity contribution is 5.80. The van der Waals surface area contributed by atoms with E-state index in [1.165, 1.54) is 5.56 Å². The third kappa shape index (κ3) is 5.82. The Labute approximate surface area is 192 Å². The third-order valence-electron chi connectivity index (χ3n) is 6.17. The summed E-state index contributed by atoms with van der Waals surface area (Å²) in [6.45, 7) is 12.6. The van der Waals surface area contributed by atoms with Gasteiger partial charge < -0.3 is 24.6 Å². The first kappa shape index (κ1) is 24.1. The van der Waals surface area contributed by atoms with E-state index in [1.54, 1.807) is 0 Å². The Hall–Kier alpha value is -2.54. The van der Waals surface area contributed by atoms with Crippen LogP contribution in [-0.4, -0.2) is 44.0 Å². The van der Waals surface area contributed by atoms with Crippen LogP contribution in [0.2, 0.25) is 0 Å². The molecular formula is C25H38N4O3. The Morgan fingerprint density at radius 3 is 2.44 bits per heavy atom. The van der Waals surface area contributed by atoms with Gasteiger partial charge in [-0.3, -0.25) is 0 Å². The minimum atomic E-state index is -0.000457. The van der Waals surface area contributed by atoms with Crippen molar-refractivity contribution < 1.29 is 14.0 Å². The molecule has 2 aromatic rings. The molecular weight excluding hydrogens is 404 g/mol. The number of aromatic nitrogens is 1. The number of nitrogens with zero attached hydrogens (tertiary/aromatic N) is 2. The molecule has 0 amide bonds. The molecule has 176 valence electrons. The second-order valence-corrected chi connectivity index (χ2v) is 8.14. The first-order chi connectivity index (χ1) is 15.7. The Morgan fingerprint density at radius 1 is 1.06 bits per heavy atom. The van der Waals surface area contributed by atoms with Gasteiger partial charge in [0.05, 0.1) is 18.8 Å². The zero-order valence-electron chi connectivity index (χ0n) is 20.0. The molecule has 0 atom stereocenters. The van der Waals surface area contributed by atoms with E-state index in [9.17, 15) is 0 Å². The smallest absolute Gasteiger partial charge is 0.191 e. The largest absolute Gasteiger partial charge is 0.494 e. The van der Waals surface area contributed by atoms with Crippen LogP contribution in [0.5, 0.6) is 5.75 Å². The molecule has 3 rings (SSSR count). The normalized spacial score (nSPS) is 16.1. The van der Waals surface area contributed by atoms with Crippen molar-refractivity contribution >= 4 is 5.96 Å². The van der Waals surface area contributed by atoms with E-state index in [0.717, 1.165) is 80.7 Å². The van der Waals surface area contributed by atoms with Crippen molar-refractivity contribution in [2.75, 3.05) is 32.9 Å². The molecule has 0 aliphatic carbocycles. The van der Waals surface area contributed by atoms with Gasteiger partial charge in [-0.25, -0.2) is 4.99 Å². The summed E-state index contributed by atoms with van der Waals surface area (Å²) in [6, 6.07) is 8.53. The standard InChI is InChI=1S/C25H38N4O3/c1-5-22-21(23(6-2)32-29-22)17-27-24(26-7-3)28-18-25(13-15-30-16-14-25)19-9-11-20(12-10-19)31-8-4/h9-12H,5-8,13-18H2,1-4H3,(H2,26,27,28). The van der Waals surface area contributed by atoms with Crippen molar-refractivity contribution in [2.24, 2.45) is 4.99 Å². The second-order valence-electron chi connectivity index (χ2n) is 8.14. The van der Waals surface area contributed by atoms with Gasteiger partial charge in [0.15, 0.2) is 5.96 Å². The number of aryl methyl sites for hydroxylation is 2. The number of ether oxygens (including phenoxy) is 2. The SMILES string of the molecule is CCNC(=NCc1c(CC)noc1CC)NCC1(c2ccc(OCC)cc2)CCOCC1. The fourth-order valence-electron chi connectivity index (χ4n) is 4.27. The van der Waals surface area contributed by atoms with Crippen molar-refractivity contribution in [1.29, 1.82) is 0 Å². The van der Waals surface area contributed by atoms with Crippen molar-refractivity contribution in [1.82, 2.24) is 15.8 Å². The van der Waals surface area contributed by atoms with Crippen LogP contribution < -0.4 is 15.4 Å². The molecule has 1 aromatic heterocycles. The molecule has 7 heteroatoms. The number of nitrogens with one attached hydrogen (secondary N) is 2. The summed E-state index contributed by atoms with van der Waals surface area (Å²) < 4.78 is 16.8. The maximum Gasteiger partial charge on any atom is 0.191 e. The van der Waals surface area contributed by atoms with Crippen LogP contribution in [0.3, 0.4) is 0 Å². The number of rotatable bonds is 10. The molecule has 0 radical (unpaired) electrons. The quantitative estimate of drug-likeness (QED) is 0.428. The average Bonchev–Trinajstić information content (AvgIpc) is 3.24. The van der Waals surface area contributed by atoms with E-state index in [0.29, 0.717) is 13.2 Å². The van der Waals surface area contributed by atoms with Crippen LogP contribution in [-0.2, 0) is 29.5 Å². The number of hydrogen-bond donors (Lipinski definition) is 2. The number of hydrogen-bond acceptors (Lipinski definition) is 5. The van der Waals surface area contributed by atoms with Crippen LogP contribution in [0, 0.1) is 0 Å². The lowest BCUT2D eigenvalue weighted by Gasteiger charge is -2.38. The molecule has 0 unspecified atom stereocenters. The van der Waals surface area contributed by atoms with Gasteiger partial charge in [-0.1, -0.05) is 31.1 Å². The highest BCUT2D eigenvalue weighted by atomic mass is 16.5. The fourth-order valence-corrected chi connectivity index (χ4v) is 4.27. The van der Waals surface area contributed by atoms with E-state index in [2.05, 4.69) is 60.8 Å². The molecule has 2 heterocycles. The van der Waals surface area contributed by atoms with Crippen molar-refractivity contribution in [3.8, 4) is 5.75 Å². The molecule has 32 heavy (non-hydrogen) atoms. The van der Waals surface area contributed by atoms with E-state index in [-0.39, 0.29) is 5.41 Å². The lowest BCUT2D eigenvalue weighted by atomic mass is 9.74. The molecule has 1 saturated heterocycles. The topological polar surface area (TPSA) is 80.9 Å². The Kier molecular flexibility index (Phi) is 8.97. The molecule has 1 aliphatic heterocycles. The first-order valence-electron chi connectivity index (χ1n) is 11.9. The van der Waals surface area contributed by atoms with Crippen LogP contribution in [0.25, 0.3) is 0 Å². The molecule has 7 nitrogen and oxygen atoms in total. The zero-order valence-corrected chi connectivity index (χ0v) is 20.0. The number of benzene rings is 1. The molecule has 1 aliphatic rings. The fraction of sp³-hybridized carbons (Fsp3) is 0.600. The van der Waals surface area contributed by atoms with E-state index in [1.807, 2.05) is 6.92 Å². The van der Waals surface area contributed by atoms with E-state index in [4.69, 9.17) is 19.0 Å². The van der Waals surface area contributed by atoms with Gasteiger partial charge in [0.25, 0.3) is 0 Å². The number of aliphatic imine (C=N–C) groups is 1. The minimum Gasteiger partial charge on any atom is -0.494 e. The van der Waals surface area contributed by atoms with Crippen molar-refractivity contribution in [2.45, 2.75) is 65.3 Å². The Morgan fingerprint density at radius 2 is 1.81 bits per heavy atom. The van der Waals surface area contributed by atoms with Crippen LogP contribution in [0.4, 0.5) is 0 Å². The van der Waals surface area contributed by atoms with Gasteiger partial charge in [0.2, 0.25) is 0 Å². The maximum atomic E-state index is 5.69. The third-order valence-corrected chi connectivity index (χ3v) is 6.17. The molecule has 2 N–H and O–H groups in total. The molecule has 0 bridgehead atoms. The first-order valence-corrected chi connectivity index (χ1v) is 11.9. The summed E-state index contributed by atoms with van der Waals surface area (Å²) in [7, 11) is 0. The minimum absolute atomic E-state index is 0.000457. The van der Waals surface area contributed by atoms with E-state index < -0.39 is 0 Å². The summed E-state index contributed by atoms with van der Waals surface area (Å²) in [4.78, 5) is 4.86. The molecule has 0 spiro atoms. The highest BCUT2D eigenvalue weighted by Crippen LogP contribution is 2.35. The predicted octanol–water partition coefficient (Wildman–Crippen LogP) is 4.00. The molecule has 0 saturated carbocycles. The van der Waals surface area contributed by atoms with Gasteiger partial charge in [-0.2, -0.15) is 0 Å². The summed E-state index contributed by atoms with van der Waals surface area (Å²) in [5.41, 5.74) is 3.42. The van der Waals surface area contributed by atoms with E-state index >= 15 is 0 Å². The predicted molar refractivity (Wildman–Crippen MR) is 127 cm³/mol. The van der Waals surface area contributed by atoms with Gasteiger partial charge >= 0.3 is 0 Å². The summed E-state index contributed by atoms with van der Waals surface area (Å²) in [5.74, 6) is 2.65. The van der Waals surface area contributed by atoms with Gasteiger partial charge in [0.1, 0.15) is 11.5 Å². The van der Waals surface area contributed by atoms with Gasteiger partial charge in [-0.15, -0.1) is 0 Å². The second kappa shape index (κ2) is 11.9. The molecule has 1 aromatic carbocycles. The lowest BCUT2D eigenvalue weighted by Crippen LogP contribution is -2.48. The van der Waals surface area contributed by atoms with Gasteiger partial charge in [0, 0.05) is 43.7 Å². The zero-order chi connectivity index (χ0) is 22.8. The maximum absolute atomic E-state index is 5.69. The van der Waals surface area contributed by atoms with Crippen molar-refractivity contribution in [3.05, 3.63) is 46.8 Å². The van der Waals surface area contributed by atoms with Gasteiger partial charge in [-0.05, 0) is 50.8 Å². The number of guanidine groups is 1. The van der Waals surface area contributed by atoms with Crippen LogP contribution in [0.1, 0.15) is 63.1 Å². The van der Waals surface area contributed by atoms with Crippen LogP contribution >= 0.6 is 0 Å². The Bertz CT molecular complexity index is 833. The summed E-state index contributed by atoms with van der Waals surface area (Å²) in [6.07, 6.45) is 3.61. The van der Waals surface area contributed by atoms with Crippen LogP contribution in [0.15, 0.2) is 33.8 Å². The monoisotopic (exact) mass is 442 g/mol. The summed E-state index contributed by atoms with van der Waals surface area (Å²) >= 11 is 0.